The van der Waals surface area contributed by atoms with Crippen molar-refractivity contribution in [1.29, 1.82) is 0 Å². The Morgan fingerprint density at radius 1 is 1.36 bits per heavy atom. The second-order valence-corrected chi connectivity index (χ2v) is 6.50. The molecule has 25 heavy (non-hydrogen) atoms. The number of para-hydroxylation sites is 1. The number of H-pyrrole nitrogens is 1. The molecule has 0 spiro atoms. The summed E-state index contributed by atoms with van der Waals surface area (Å²) >= 11 is 3.35. The lowest BCUT2D eigenvalue weighted by Crippen LogP contribution is -2.23. The summed E-state index contributed by atoms with van der Waals surface area (Å²) in [5.41, 5.74) is 2.53. The number of carbonyl (C=O) groups excluding carboxylic acids is 1. The lowest BCUT2D eigenvalue weighted by Gasteiger charge is -2.10. The molecule has 0 aliphatic carbocycles. The Bertz CT molecular complexity index is 933. The molecule has 6 heteroatoms. The van der Waals surface area contributed by atoms with Gasteiger partial charge < -0.3 is 14.8 Å². The second-order valence-electron chi connectivity index (χ2n) is 5.58. The molecule has 0 aliphatic rings. The standard InChI is InChI=1S/C19H17BrN2O3/c1-25-19(24)17(22-11-13-8-14(20)6-7-18(13)23)9-12-10-21-16-5-3-2-4-15(12)16/h2-8,10-11,17,21,23H,9H2,1H3/t17-/m1/s1. The van der Waals surface area contributed by atoms with E-state index in [1.165, 1.54) is 13.3 Å². The molecular formula is C19H17BrN2O3. The van der Waals surface area contributed by atoms with Crippen LogP contribution in [0.25, 0.3) is 10.9 Å². The van der Waals surface area contributed by atoms with E-state index >= 15 is 0 Å². The number of aromatic hydroxyl groups is 1. The Balaban J connectivity index is 1.88. The van der Waals surface area contributed by atoms with Crippen LogP contribution in [0.2, 0.25) is 0 Å². The number of nitrogens with zero attached hydrogens (tertiary/aromatic N) is 1. The number of halogens is 1. The fraction of sp³-hybridized carbons (Fsp3) is 0.158. The van der Waals surface area contributed by atoms with Gasteiger partial charge in [-0.25, -0.2) is 4.79 Å². The summed E-state index contributed by atoms with van der Waals surface area (Å²) in [4.78, 5) is 19.7. The number of aliphatic imine (C=N–C) groups is 1. The van der Waals surface area contributed by atoms with Crippen molar-refractivity contribution < 1.29 is 14.6 Å². The van der Waals surface area contributed by atoms with Crippen molar-refractivity contribution >= 4 is 39.0 Å². The fourth-order valence-electron chi connectivity index (χ4n) is 2.64. The van der Waals surface area contributed by atoms with Crippen LogP contribution in [-0.4, -0.2) is 35.4 Å². The number of hydrogen-bond donors (Lipinski definition) is 2. The number of aromatic nitrogens is 1. The van der Waals surface area contributed by atoms with E-state index in [9.17, 15) is 9.90 Å². The minimum Gasteiger partial charge on any atom is -0.507 e. The number of rotatable bonds is 5. The molecular weight excluding hydrogens is 384 g/mol. The van der Waals surface area contributed by atoms with E-state index < -0.39 is 12.0 Å². The van der Waals surface area contributed by atoms with Crippen molar-refractivity contribution in [2.24, 2.45) is 4.99 Å². The molecule has 0 radical (unpaired) electrons. The number of aromatic amines is 1. The van der Waals surface area contributed by atoms with Gasteiger partial charge in [0.1, 0.15) is 5.75 Å². The van der Waals surface area contributed by atoms with Gasteiger partial charge in [0.25, 0.3) is 0 Å². The van der Waals surface area contributed by atoms with E-state index in [0.29, 0.717) is 12.0 Å². The first-order valence-electron chi connectivity index (χ1n) is 7.73. The van der Waals surface area contributed by atoms with E-state index in [4.69, 9.17) is 4.74 Å². The Morgan fingerprint density at radius 3 is 2.96 bits per heavy atom. The van der Waals surface area contributed by atoms with Crippen LogP contribution in [0.1, 0.15) is 11.1 Å². The van der Waals surface area contributed by atoms with Crippen molar-refractivity contribution in [3.05, 3.63) is 64.3 Å². The quantitative estimate of drug-likeness (QED) is 0.504. The molecule has 3 rings (SSSR count). The molecule has 2 aromatic carbocycles. The van der Waals surface area contributed by atoms with E-state index in [-0.39, 0.29) is 5.75 Å². The lowest BCUT2D eigenvalue weighted by molar-refractivity contribution is -0.142. The van der Waals surface area contributed by atoms with Crippen molar-refractivity contribution in [2.45, 2.75) is 12.5 Å². The number of hydrogen-bond acceptors (Lipinski definition) is 4. The molecule has 0 saturated heterocycles. The van der Waals surface area contributed by atoms with Crippen LogP contribution in [0, 0.1) is 0 Å². The summed E-state index contributed by atoms with van der Waals surface area (Å²) in [6.45, 7) is 0. The third-order valence-corrected chi connectivity index (χ3v) is 4.44. The number of methoxy groups -OCH3 is 1. The zero-order valence-electron chi connectivity index (χ0n) is 13.6. The summed E-state index contributed by atoms with van der Waals surface area (Å²) in [5, 5.41) is 11.0. The third-order valence-electron chi connectivity index (χ3n) is 3.94. The topological polar surface area (TPSA) is 74.7 Å². The number of phenols is 1. The minimum absolute atomic E-state index is 0.0997. The average Bonchev–Trinajstić information content (AvgIpc) is 3.03. The first kappa shape index (κ1) is 17.2. The molecule has 1 heterocycles. The summed E-state index contributed by atoms with van der Waals surface area (Å²) < 4.78 is 5.70. The van der Waals surface area contributed by atoms with Gasteiger partial charge in [-0.05, 0) is 29.8 Å². The van der Waals surface area contributed by atoms with Gasteiger partial charge in [-0.15, -0.1) is 0 Å². The van der Waals surface area contributed by atoms with E-state index in [2.05, 4.69) is 25.9 Å². The van der Waals surface area contributed by atoms with Crippen LogP contribution in [0.3, 0.4) is 0 Å². The number of nitrogens with one attached hydrogen (secondary N) is 1. The largest absolute Gasteiger partial charge is 0.507 e. The van der Waals surface area contributed by atoms with Gasteiger partial charge in [0.05, 0.1) is 7.11 Å². The number of carbonyl (C=O) groups is 1. The molecule has 0 amide bonds. The number of esters is 1. The Hall–Kier alpha value is -2.60. The van der Waals surface area contributed by atoms with Crippen LogP contribution in [0.5, 0.6) is 5.75 Å². The molecule has 0 saturated carbocycles. The van der Waals surface area contributed by atoms with Gasteiger partial charge in [-0.2, -0.15) is 0 Å². The first-order chi connectivity index (χ1) is 12.1. The molecule has 0 fully saturated rings. The summed E-state index contributed by atoms with van der Waals surface area (Å²) in [6, 6.07) is 12.2. The van der Waals surface area contributed by atoms with Crippen LogP contribution in [-0.2, 0) is 16.0 Å². The van der Waals surface area contributed by atoms with Crippen molar-refractivity contribution in [3.63, 3.8) is 0 Å². The van der Waals surface area contributed by atoms with Gasteiger partial charge in [-0.3, -0.25) is 4.99 Å². The fourth-order valence-corrected chi connectivity index (χ4v) is 3.02. The minimum atomic E-state index is -0.692. The third kappa shape index (κ3) is 3.91. The zero-order valence-corrected chi connectivity index (χ0v) is 15.2. The SMILES string of the molecule is COC(=O)[C@@H](Cc1c[nH]c2ccccc12)N=Cc1cc(Br)ccc1O. The summed E-state index contributed by atoms with van der Waals surface area (Å²) in [5.74, 6) is -0.321. The predicted molar refractivity (Wildman–Crippen MR) is 101 cm³/mol. The van der Waals surface area contributed by atoms with Gasteiger partial charge in [0.15, 0.2) is 6.04 Å². The highest BCUT2D eigenvalue weighted by molar-refractivity contribution is 9.10. The highest BCUT2D eigenvalue weighted by Crippen LogP contribution is 2.22. The van der Waals surface area contributed by atoms with E-state index in [1.54, 1.807) is 18.2 Å². The van der Waals surface area contributed by atoms with Crippen molar-refractivity contribution in [1.82, 2.24) is 4.98 Å². The smallest absolute Gasteiger partial charge is 0.330 e. The maximum absolute atomic E-state index is 12.1. The van der Waals surface area contributed by atoms with Gasteiger partial charge >= 0.3 is 5.97 Å². The maximum atomic E-state index is 12.1. The normalized spacial score (nSPS) is 12.6. The number of fused-ring (bicyclic) bond motifs is 1. The van der Waals surface area contributed by atoms with Crippen LogP contribution in [0.4, 0.5) is 0 Å². The van der Waals surface area contributed by atoms with Crippen LogP contribution in [0.15, 0.2) is 58.1 Å². The van der Waals surface area contributed by atoms with E-state index in [0.717, 1.165) is 20.9 Å². The second kappa shape index (κ2) is 7.53. The lowest BCUT2D eigenvalue weighted by atomic mass is 10.1. The molecule has 128 valence electrons. The summed E-state index contributed by atoms with van der Waals surface area (Å²) in [6.07, 6.45) is 3.78. The average molecular weight is 401 g/mol. The highest BCUT2D eigenvalue weighted by atomic mass is 79.9. The molecule has 0 unspecified atom stereocenters. The summed E-state index contributed by atoms with van der Waals surface area (Å²) in [7, 11) is 1.34. The number of benzene rings is 2. The number of phenolic OH excluding ortho intramolecular Hbond substituents is 1. The molecule has 3 aromatic rings. The monoisotopic (exact) mass is 400 g/mol. The van der Waals surface area contributed by atoms with Crippen LogP contribution < -0.4 is 0 Å². The van der Waals surface area contributed by atoms with Gasteiger partial charge in [0, 0.05) is 39.8 Å². The van der Waals surface area contributed by atoms with Crippen LogP contribution >= 0.6 is 15.9 Å². The van der Waals surface area contributed by atoms with Crippen molar-refractivity contribution in [2.75, 3.05) is 7.11 Å². The maximum Gasteiger partial charge on any atom is 0.330 e. The molecule has 1 aromatic heterocycles. The zero-order chi connectivity index (χ0) is 17.8. The Kier molecular flexibility index (Phi) is 5.19. The molecule has 1 atom stereocenters. The van der Waals surface area contributed by atoms with Crippen molar-refractivity contribution in [3.8, 4) is 5.75 Å². The number of ether oxygens (including phenoxy) is 1. The highest BCUT2D eigenvalue weighted by Gasteiger charge is 2.20. The Labute approximate surface area is 153 Å². The van der Waals surface area contributed by atoms with E-state index in [1.807, 2.05) is 30.5 Å². The molecule has 5 nitrogen and oxygen atoms in total. The van der Waals surface area contributed by atoms with Gasteiger partial charge in [0.2, 0.25) is 0 Å². The van der Waals surface area contributed by atoms with Gasteiger partial charge in [-0.1, -0.05) is 34.1 Å². The molecule has 0 aliphatic heterocycles. The molecule has 0 bridgehead atoms. The Morgan fingerprint density at radius 2 is 2.16 bits per heavy atom. The molecule has 2 N–H and O–H groups in total. The first-order valence-corrected chi connectivity index (χ1v) is 8.52. The predicted octanol–water partition coefficient (Wildman–Crippen LogP) is 3.84.